The number of primary amides is 1. The van der Waals surface area contributed by atoms with Crippen LogP contribution in [-0.2, 0) is 22.8 Å². The molecule has 0 radical (unpaired) electrons. The fourth-order valence-corrected chi connectivity index (χ4v) is 2.51. The van der Waals surface area contributed by atoms with Gasteiger partial charge in [-0.05, 0) is 34.2 Å². The summed E-state index contributed by atoms with van der Waals surface area (Å²) in [7, 11) is 0. The first-order valence-corrected chi connectivity index (χ1v) is 6.03. The number of rotatable bonds is 3. The fraction of sp³-hybridized carbons (Fsp3) is 0.133. The van der Waals surface area contributed by atoms with Gasteiger partial charge in [0.05, 0.1) is 0 Å². The van der Waals surface area contributed by atoms with Crippen LogP contribution in [0.5, 0.6) is 0 Å². The van der Waals surface area contributed by atoms with Crippen molar-refractivity contribution >= 4 is 6.09 Å². The molecule has 0 saturated heterocycles. The molecular formula is C15H13NO3. The highest BCUT2D eigenvalue weighted by atomic mass is 17.2. The summed E-state index contributed by atoms with van der Waals surface area (Å²) >= 11 is 0. The first-order valence-electron chi connectivity index (χ1n) is 6.03. The Labute approximate surface area is 110 Å². The fourth-order valence-electron chi connectivity index (χ4n) is 2.51. The summed E-state index contributed by atoms with van der Waals surface area (Å²) in [6.07, 6.45) is -0.0578. The van der Waals surface area contributed by atoms with E-state index < -0.39 is 6.09 Å². The minimum atomic E-state index is -0.934. The van der Waals surface area contributed by atoms with E-state index >= 15 is 0 Å². The van der Waals surface area contributed by atoms with Crippen LogP contribution in [-0.4, -0.2) is 6.09 Å². The molecule has 4 nitrogen and oxygen atoms in total. The lowest BCUT2D eigenvalue weighted by atomic mass is 10.0. The van der Waals surface area contributed by atoms with Gasteiger partial charge in [-0.1, -0.05) is 42.5 Å². The predicted octanol–water partition coefficient (Wildman–Crippen LogP) is 2.78. The number of hydrogen-bond donors (Lipinski definition) is 1. The summed E-state index contributed by atoms with van der Waals surface area (Å²) in [4.78, 5) is 19.6. The number of carbonyl (C=O) groups is 1. The molecule has 0 spiro atoms. The van der Waals surface area contributed by atoms with Crippen LogP contribution in [0.1, 0.15) is 16.7 Å². The molecule has 0 aliphatic heterocycles. The molecule has 0 heterocycles. The lowest BCUT2D eigenvalue weighted by Crippen LogP contribution is -2.13. The van der Waals surface area contributed by atoms with E-state index in [1.54, 1.807) is 0 Å². The zero-order valence-electron chi connectivity index (χ0n) is 10.3. The Morgan fingerprint density at radius 2 is 1.89 bits per heavy atom. The predicted molar refractivity (Wildman–Crippen MR) is 70.1 cm³/mol. The molecule has 2 aromatic rings. The van der Waals surface area contributed by atoms with Crippen molar-refractivity contribution in [3.05, 3.63) is 59.2 Å². The quantitative estimate of drug-likeness (QED) is 0.578. The van der Waals surface area contributed by atoms with Gasteiger partial charge >= 0.3 is 6.09 Å². The third kappa shape index (κ3) is 2.18. The maximum absolute atomic E-state index is 10.5. The van der Waals surface area contributed by atoms with E-state index in [1.165, 1.54) is 22.3 Å². The van der Waals surface area contributed by atoms with E-state index in [2.05, 4.69) is 23.1 Å². The maximum atomic E-state index is 10.5. The molecule has 0 atom stereocenters. The van der Waals surface area contributed by atoms with Crippen molar-refractivity contribution in [1.82, 2.24) is 0 Å². The Balaban J connectivity index is 1.88. The Bertz CT molecular complexity index is 637. The van der Waals surface area contributed by atoms with Gasteiger partial charge in [0, 0.05) is 0 Å². The molecule has 4 heteroatoms. The minimum absolute atomic E-state index is 0.208. The van der Waals surface area contributed by atoms with E-state index in [-0.39, 0.29) is 6.61 Å². The van der Waals surface area contributed by atoms with E-state index in [9.17, 15) is 4.79 Å². The molecule has 2 aromatic carbocycles. The Kier molecular flexibility index (Phi) is 2.93. The zero-order chi connectivity index (χ0) is 13.2. The topological polar surface area (TPSA) is 61.6 Å². The monoisotopic (exact) mass is 255 g/mol. The number of fused-ring (bicyclic) bond motifs is 3. The lowest BCUT2D eigenvalue weighted by molar-refractivity contribution is -0.246. The molecule has 0 aromatic heterocycles. The molecule has 3 rings (SSSR count). The van der Waals surface area contributed by atoms with Crippen LogP contribution < -0.4 is 5.73 Å². The highest BCUT2D eigenvalue weighted by molar-refractivity contribution is 5.77. The Hall–Kier alpha value is -2.33. The summed E-state index contributed by atoms with van der Waals surface area (Å²) in [6.45, 7) is 0.208. The van der Waals surface area contributed by atoms with Crippen LogP contribution >= 0.6 is 0 Å². The van der Waals surface area contributed by atoms with Gasteiger partial charge in [0.1, 0.15) is 6.61 Å². The van der Waals surface area contributed by atoms with Crippen LogP contribution in [0, 0.1) is 0 Å². The number of nitrogens with two attached hydrogens (primary N) is 1. The molecule has 2 N–H and O–H groups in total. The van der Waals surface area contributed by atoms with Crippen molar-refractivity contribution in [2.24, 2.45) is 5.73 Å². The van der Waals surface area contributed by atoms with Gasteiger partial charge in [0.25, 0.3) is 0 Å². The van der Waals surface area contributed by atoms with Crippen molar-refractivity contribution < 1.29 is 14.6 Å². The molecule has 0 unspecified atom stereocenters. The van der Waals surface area contributed by atoms with Gasteiger partial charge in [0.2, 0.25) is 0 Å². The molecule has 96 valence electrons. The number of benzene rings is 2. The summed E-state index contributed by atoms with van der Waals surface area (Å²) in [5.74, 6) is 0. The van der Waals surface area contributed by atoms with Crippen LogP contribution in [0.4, 0.5) is 4.79 Å². The lowest BCUT2D eigenvalue weighted by Gasteiger charge is -2.07. The second kappa shape index (κ2) is 4.74. The van der Waals surface area contributed by atoms with E-state index in [4.69, 9.17) is 10.6 Å². The molecule has 1 aliphatic carbocycles. The Morgan fingerprint density at radius 3 is 2.74 bits per heavy atom. The van der Waals surface area contributed by atoms with Gasteiger partial charge in [0.15, 0.2) is 0 Å². The molecule has 19 heavy (non-hydrogen) atoms. The van der Waals surface area contributed by atoms with E-state index in [0.717, 1.165) is 12.0 Å². The molecular weight excluding hydrogens is 242 g/mol. The average molecular weight is 255 g/mol. The third-order valence-electron chi connectivity index (χ3n) is 3.30. The highest BCUT2D eigenvalue weighted by Gasteiger charge is 2.20. The number of carbonyl (C=O) groups excluding carboxylic acids is 1. The largest absolute Gasteiger partial charge is 0.436 e. The molecule has 1 amide bonds. The van der Waals surface area contributed by atoms with Crippen molar-refractivity contribution in [3.63, 3.8) is 0 Å². The van der Waals surface area contributed by atoms with Gasteiger partial charge in [-0.25, -0.2) is 4.79 Å². The highest BCUT2D eigenvalue weighted by Crippen LogP contribution is 2.38. The first-order chi connectivity index (χ1) is 9.25. The van der Waals surface area contributed by atoms with Crippen molar-refractivity contribution in [2.45, 2.75) is 13.0 Å². The normalized spacial score (nSPS) is 11.8. The van der Waals surface area contributed by atoms with Gasteiger partial charge < -0.3 is 5.73 Å². The standard InChI is InChI=1S/C15H13NO3/c16-15(17)19-18-9-11-5-3-7-13-12-6-2-1-4-10(12)8-14(11)13/h1-7H,8-9H2,(H2,16,17). The third-order valence-corrected chi connectivity index (χ3v) is 3.30. The van der Waals surface area contributed by atoms with Crippen molar-refractivity contribution in [3.8, 4) is 11.1 Å². The summed E-state index contributed by atoms with van der Waals surface area (Å²) in [5.41, 5.74) is 10.9. The molecule has 0 fully saturated rings. The Morgan fingerprint density at radius 1 is 1.11 bits per heavy atom. The van der Waals surface area contributed by atoms with Crippen LogP contribution in [0.25, 0.3) is 11.1 Å². The van der Waals surface area contributed by atoms with E-state index in [1.807, 2.05) is 24.3 Å². The van der Waals surface area contributed by atoms with Crippen LogP contribution in [0.15, 0.2) is 42.5 Å². The summed E-state index contributed by atoms with van der Waals surface area (Å²) < 4.78 is 0. The smallest absolute Gasteiger partial charge is 0.333 e. The van der Waals surface area contributed by atoms with Gasteiger partial charge in [-0.15, -0.1) is 0 Å². The summed E-state index contributed by atoms with van der Waals surface area (Å²) in [5, 5.41) is 0. The number of amides is 1. The second-order valence-electron chi connectivity index (χ2n) is 4.44. The van der Waals surface area contributed by atoms with Crippen molar-refractivity contribution in [1.29, 1.82) is 0 Å². The zero-order valence-corrected chi connectivity index (χ0v) is 10.3. The van der Waals surface area contributed by atoms with Gasteiger partial charge in [-0.3, -0.25) is 4.89 Å². The first kappa shape index (κ1) is 11.7. The number of hydrogen-bond acceptors (Lipinski definition) is 3. The molecule has 1 aliphatic rings. The van der Waals surface area contributed by atoms with Crippen LogP contribution in [0.3, 0.4) is 0 Å². The van der Waals surface area contributed by atoms with Gasteiger partial charge in [-0.2, -0.15) is 4.89 Å². The SMILES string of the molecule is NC(=O)OOCc1cccc2c1Cc1ccccc1-2. The van der Waals surface area contributed by atoms with Crippen molar-refractivity contribution in [2.75, 3.05) is 0 Å². The maximum Gasteiger partial charge on any atom is 0.436 e. The second-order valence-corrected chi connectivity index (χ2v) is 4.44. The average Bonchev–Trinajstić information content (AvgIpc) is 2.78. The van der Waals surface area contributed by atoms with Crippen LogP contribution in [0.2, 0.25) is 0 Å². The summed E-state index contributed by atoms with van der Waals surface area (Å²) in [6, 6.07) is 14.4. The van der Waals surface area contributed by atoms with E-state index in [0.29, 0.717) is 0 Å². The molecule has 0 bridgehead atoms. The minimum Gasteiger partial charge on any atom is -0.333 e. The molecule has 0 saturated carbocycles.